The standard InChI is InChI=1S/C6H17NOS/c1-6(2)7(3)9(4,5)8/h6,8H,1-5H3. The van der Waals surface area contributed by atoms with E-state index < -0.39 is 10.5 Å². The maximum absolute atomic E-state index is 9.47. The SMILES string of the molecule is CC(C)N(C)S(C)(C)O. The summed E-state index contributed by atoms with van der Waals surface area (Å²) in [4.78, 5) is 0. The Morgan fingerprint density at radius 2 is 1.67 bits per heavy atom. The van der Waals surface area contributed by atoms with Crippen LogP contribution in [0.25, 0.3) is 0 Å². The van der Waals surface area contributed by atoms with Gasteiger partial charge in [0.15, 0.2) is 0 Å². The largest absolute Gasteiger partial charge is 0.339 e. The molecule has 0 aliphatic rings. The minimum atomic E-state index is -1.47. The van der Waals surface area contributed by atoms with Crippen LogP contribution in [-0.4, -0.2) is 34.5 Å². The van der Waals surface area contributed by atoms with Gasteiger partial charge in [-0.25, -0.2) is 4.31 Å². The van der Waals surface area contributed by atoms with Gasteiger partial charge in [0.1, 0.15) is 0 Å². The summed E-state index contributed by atoms with van der Waals surface area (Å²) >= 11 is 0. The number of nitrogens with zero attached hydrogens (tertiary/aromatic N) is 1. The van der Waals surface area contributed by atoms with E-state index in [2.05, 4.69) is 13.8 Å². The molecule has 2 nitrogen and oxygen atoms in total. The van der Waals surface area contributed by atoms with Gasteiger partial charge < -0.3 is 4.55 Å². The summed E-state index contributed by atoms with van der Waals surface area (Å²) in [7, 11) is 0.476. The van der Waals surface area contributed by atoms with Gasteiger partial charge in [0.2, 0.25) is 0 Å². The van der Waals surface area contributed by atoms with Crippen molar-refractivity contribution in [2.45, 2.75) is 19.9 Å². The lowest BCUT2D eigenvalue weighted by Crippen LogP contribution is -2.28. The molecular weight excluding hydrogens is 134 g/mol. The van der Waals surface area contributed by atoms with E-state index in [9.17, 15) is 4.55 Å². The highest BCUT2D eigenvalue weighted by atomic mass is 32.3. The lowest BCUT2D eigenvalue weighted by molar-refractivity contribution is 0.417. The molecule has 0 aromatic rings. The van der Waals surface area contributed by atoms with E-state index in [1.807, 2.05) is 23.9 Å². The normalized spacial score (nSPS) is 15.1. The average molecular weight is 151 g/mol. The molecule has 58 valence electrons. The van der Waals surface area contributed by atoms with Crippen LogP contribution >= 0.6 is 10.5 Å². The minimum absolute atomic E-state index is 0.431. The topological polar surface area (TPSA) is 23.5 Å². The number of hydrogen-bond donors (Lipinski definition) is 1. The Morgan fingerprint density at radius 3 is 1.67 bits per heavy atom. The van der Waals surface area contributed by atoms with Crippen molar-refractivity contribution in [1.82, 2.24) is 4.31 Å². The van der Waals surface area contributed by atoms with Crippen LogP contribution in [0.2, 0.25) is 0 Å². The summed E-state index contributed by atoms with van der Waals surface area (Å²) in [5.41, 5.74) is 0. The maximum atomic E-state index is 9.47. The summed E-state index contributed by atoms with van der Waals surface area (Å²) in [6, 6.07) is 0.431. The zero-order chi connectivity index (χ0) is 7.65. The van der Waals surface area contributed by atoms with Crippen LogP contribution in [0.4, 0.5) is 0 Å². The fraction of sp³-hybridized carbons (Fsp3) is 1.00. The third kappa shape index (κ3) is 3.08. The molecule has 0 unspecified atom stereocenters. The molecule has 0 heterocycles. The Balaban J connectivity index is 3.88. The smallest absolute Gasteiger partial charge is 0.0146 e. The highest BCUT2D eigenvalue weighted by Gasteiger charge is 2.15. The Kier molecular flexibility index (Phi) is 2.99. The molecule has 0 amide bonds. The Hall–Kier alpha value is 0.270. The van der Waals surface area contributed by atoms with E-state index >= 15 is 0 Å². The first-order valence-electron chi connectivity index (χ1n) is 3.04. The zero-order valence-corrected chi connectivity index (χ0v) is 7.70. The molecular formula is C6H17NOS. The molecule has 0 aromatic heterocycles. The molecule has 0 aliphatic carbocycles. The van der Waals surface area contributed by atoms with E-state index in [1.165, 1.54) is 0 Å². The van der Waals surface area contributed by atoms with Gasteiger partial charge in [-0.2, -0.15) is 0 Å². The molecule has 0 aromatic carbocycles. The van der Waals surface area contributed by atoms with Crippen molar-refractivity contribution in [2.24, 2.45) is 0 Å². The van der Waals surface area contributed by atoms with Crippen LogP contribution in [0.3, 0.4) is 0 Å². The monoisotopic (exact) mass is 151 g/mol. The van der Waals surface area contributed by atoms with Crippen LogP contribution in [-0.2, 0) is 0 Å². The predicted octanol–water partition coefficient (Wildman–Crippen LogP) is 1.78. The summed E-state index contributed by atoms with van der Waals surface area (Å²) < 4.78 is 11.5. The van der Waals surface area contributed by atoms with Crippen LogP contribution in [0.15, 0.2) is 0 Å². The van der Waals surface area contributed by atoms with Gasteiger partial charge in [-0.1, -0.05) is 10.5 Å². The molecule has 3 heteroatoms. The molecule has 0 saturated carbocycles. The molecule has 0 radical (unpaired) electrons. The quantitative estimate of drug-likeness (QED) is 0.650. The van der Waals surface area contributed by atoms with E-state index in [1.54, 1.807) is 0 Å². The van der Waals surface area contributed by atoms with Crippen molar-refractivity contribution in [3.8, 4) is 0 Å². The fourth-order valence-electron chi connectivity index (χ4n) is 0.516. The predicted molar refractivity (Wildman–Crippen MR) is 45.0 cm³/mol. The van der Waals surface area contributed by atoms with Crippen molar-refractivity contribution >= 4 is 10.5 Å². The fourth-order valence-corrected chi connectivity index (χ4v) is 1.55. The molecule has 0 atom stereocenters. The van der Waals surface area contributed by atoms with Crippen LogP contribution < -0.4 is 0 Å². The van der Waals surface area contributed by atoms with E-state index in [4.69, 9.17) is 0 Å². The molecule has 9 heavy (non-hydrogen) atoms. The second-order valence-electron chi connectivity index (χ2n) is 2.86. The molecule has 0 spiro atoms. The second kappa shape index (κ2) is 2.90. The molecule has 0 rings (SSSR count). The molecule has 1 N–H and O–H groups in total. The van der Waals surface area contributed by atoms with Gasteiger partial charge in [-0.3, -0.25) is 0 Å². The van der Waals surface area contributed by atoms with Crippen LogP contribution in [0.5, 0.6) is 0 Å². The minimum Gasteiger partial charge on any atom is -0.339 e. The Bertz CT molecular complexity index is 87.5. The van der Waals surface area contributed by atoms with Crippen molar-refractivity contribution in [2.75, 3.05) is 19.6 Å². The first-order valence-corrected chi connectivity index (χ1v) is 5.41. The van der Waals surface area contributed by atoms with Gasteiger partial charge >= 0.3 is 0 Å². The van der Waals surface area contributed by atoms with E-state index in [-0.39, 0.29) is 0 Å². The van der Waals surface area contributed by atoms with Gasteiger partial charge in [0.05, 0.1) is 0 Å². The lowest BCUT2D eigenvalue weighted by Gasteiger charge is -2.37. The summed E-state index contributed by atoms with van der Waals surface area (Å²) in [5, 5.41) is 0. The Morgan fingerprint density at radius 1 is 1.33 bits per heavy atom. The maximum Gasteiger partial charge on any atom is 0.0146 e. The summed E-state index contributed by atoms with van der Waals surface area (Å²) in [6.07, 6.45) is 3.74. The molecule has 0 saturated heterocycles. The van der Waals surface area contributed by atoms with Crippen LogP contribution in [0.1, 0.15) is 13.8 Å². The van der Waals surface area contributed by atoms with Gasteiger partial charge in [-0.05, 0) is 33.4 Å². The summed E-state index contributed by atoms with van der Waals surface area (Å²) in [5.74, 6) is 0. The third-order valence-corrected chi connectivity index (χ3v) is 3.26. The van der Waals surface area contributed by atoms with Crippen molar-refractivity contribution in [1.29, 1.82) is 0 Å². The highest BCUT2D eigenvalue weighted by molar-refractivity contribution is 8.26. The molecule has 0 bridgehead atoms. The second-order valence-corrected chi connectivity index (χ2v) is 5.88. The lowest BCUT2D eigenvalue weighted by atomic mass is 10.4. The number of rotatable bonds is 2. The first kappa shape index (κ1) is 9.27. The average Bonchev–Trinajstić information content (AvgIpc) is 1.62. The molecule has 0 aliphatic heterocycles. The van der Waals surface area contributed by atoms with Crippen LogP contribution in [0, 0.1) is 0 Å². The van der Waals surface area contributed by atoms with Gasteiger partial charge in [0.25, 0.3) is 0 Å². The number of hydrogen-bond acceptors (Lipinski definition) is 2. The van der Waals surface area contributed by atoms with Gasteiger partial charge in [-0.15, -0.1) is 0 Å². The molecule has 0 fully saturated rings. The van der Waals surface area contributed by atoms with Crippen molar-refractivity contribution in [3.05, 3.63) is 0 Å². The third-order valence-electron chi connectivity index (χ3n) is 1.43. The van der Waals surface area contributed by atoms with Gasteiger partial charge in [0, 0.05) is 6.04 Å². The van der Waals surface area contributed by atoms with E-state index in [0.717, 1.165) is 0 Å². The van der Waals surface area contributed by atoms with E-state index in [0.29, 0.717) is 6.04 Å². The highest BCUT2D eigenvalue weighted by Crippen LogP contribution is 2.38. The van der Waals surface area contributed by atoms with Crippen molar-refractivity contribution in [3.63, 3.8) is 0 Å². The Labute approximate surface area is 59.5 Å². The zero-order valence-electron chi connectivity index (χ0n) is 6.88. The summed E-state index contributed by atoms with van der Waals surface area (Å²) in [6.45, 7) is 4.15. The first-order chi connectivity index (χ1) is 3.85. The van der Waals surface area contributed by atoms with Crippen molar-refractivity contribution < 1.29 is 4.55 Å².